The van der Waals surface area contributed by atoms with Crippen LogP contribution in [0.25, 0.3) is 11.3 Å². The van der Waals surface area contributed by atoms with E-state index in [0.29, 0.717) is 5.13 Å². The van der Waals surface area contributed by atoms with E-state index in [1.807, 2.05) is 36.6 Å². The van der Waals surface area contributed by atoms with Crippen LogP contribution in [0.4, 0.5) is 10.8 Å². The van der Waals surface area contributed by atoms with Gasteiger partial charge in [-0.1, -0.05) is 32.4 Å². The molecular formula is C15H19N3OS. The predicted octanol–water partition coefficient (Wildman–Crippen LogP) is 3.77. The van der Waals surface area contributed by atoms with Gasteiger partial charge in [0.05, 0.1) is 5.69 Å². The van der Waals surface area contributed by atoms with Crippen molar-refractivity contribution in [3.8, 4) is 11.3 Å². The molecule has 0 aliphatic carbocycles. The Morgan fingerprint density at radius 1 is 1.40 bits per heavy atom. The molecule has 1 amide bonds. The van der Waals surface area contributed by atoms with E-state index in [4.69, 9.17) is 5.73 Å². The Hall–Kier alpha value is -1.88. The second-order valence-electron chi connectivity index (χ2n) is 4.84. The lowest BCUT2D eigenvalue weighted by molar-refractivity contribution is -0.119. The molecule has 0 fully saturated rings. The number of hydrogen-bond donors (Lipinski definition) is 2. The van der Waals surface area contributed by atoms with E-state index in [-0.39, 0.29) is 11.8 Å². The molecule has 0 saturated heterocycles. The van der Waals surface area contributed by atoms with E-state index in [9.17, 15) is 4.79 Å². The van der Waals surface area contributed by atoms with Crippen LogP contribution in [-0.4, -0.2) is 10.9 Å². The first kappa shape index (κ1) is 14.5. The Labute approximate surface area is 123 Å². The number of nitrogens with zero attached hydrogens (tertiary/aromatic N) is 1. The molecule has 1 aromatic heterocycles. The predicted molar refractivity (Wildman–Crippen MR) is 84.7 cm³/mol. The summed E-state index contributed by atoms with van der Waals surface area (Å²) in [5.41, 5.74) is 8.24. The summed E-state index contributed by atoms with van der Waals surface area (Å²) < 4.78 is 0. The molecule has 0 spiro atoms. The molecule has 5 heteroatoms. The molecule has 3 N–H and O–H groups in total. The summed E-state index contributed by atoms with van der Waals surface area (Å²) in [7, 11) is 0. The highest BCUT2D eigenvalue weighted by molar-refractivity contribution is 7.14. The number of hydrogen-bond acceptors (Lipinski definition) is 4. The first-order valence-electron chi connectivity index (χ1n) is 6.72. The first-order valence-corrected chi connectivity index (χ1v) is 7.60. The number of aromatic nitrogens is 1. The molecule has 20 heavy (non-hydrogen) atoms. The number of rotatable bonds is 5. The molecule has 1 heterocycles. The monoisotopic (exact) mass is 289 g/mol. The summed E-state index contributed by atoms with van der Waals surface area (Å²) in [6.45, 7) is 4.01. The fraction of sp³-hybridized carbons (Fsp3) is 0.333. The minimum atomic E-state index is 0.0175. The van der Waals surface area contributed by atoms with Gasteiger partial charge >= 0.3 is 0 Å². The zero-order valence-corrected chi connectivity index (χ0v) is 12.5. The number of thiazole rings is 1. The van der Waals surface area contributed by atoms with E-state index >= 15 is 0 Å². The zero-order valence-electron chi connectivity index (χ0n) is 11.7. The van der Waals surface area contributed by atoms with Gasteiger partial charge in [0.25, 0.3) is 0 Å². The summed E-state index contributed by atoms with van der Waals surface area (Å²) in [5.74, 6) is 0.0499. The molecule has 2 rings (SSSR count). The lowest BCUT2D eigenvalue weighted by Crippen LogP contribution is -2.20. The van der Waals surface area contributed by atoms with Crippen LogP contribution < -0.4 is 11.1 Å². The van der Waals surface area contributed by atoms with E-state index in [1.165, 1.54) is 11.3 Å². The average molecular weight is 289 g/mol. The van der Waals surface area contributed by atoms with Crippen molar-refractivity contribution < 1.29 is 4.79 Å². The van der Waals surface area contributed by atoms with Gasteiger partial charge in [-0.05, 0) is 18.6 Å². The quantitative estimate of drug-likeness (QED) is 0.823. The van der Waals surface area contributed by atoms with Crippen molar-refractivity contribution in [2.75, 3.05) is 11.1 Å². The number of anilines is 2. The summed E-state index contributed by atoms with van der Waals surface area (Å²) in [5, 5.41) is 5.45. The zero-order chi connectivity index (χ0) is 14.5. The van der Waals surface area contributed by atoms with Gasteiger partial charge in [-0.25, -0.2) is 4.98 Å². The maximum Gasteiger partial charge on any atom is 0.228 e. The van der Waals surface area contributed by atoms with Crippen molar-refractivity contribution in [1.29, 1.82) is 0 Å². The topological polar surface area (TPSA) is 68.0 Å². The van der Waals surface area contributed by atoms with Crippen LogP contribution in [0.2, 0.25) is 0 Å². The highest BCUT2D eigenvalue weighted by atomic mass is 32.1. The summed E-state index contributed by atoms with van der Waals surface area (Å²) in [6.07, 6.45) is 1.89. The Kier molecular flexibility index (Phi) is 4.74. The number of carbonyl (C=O) groups is 1. The third-order valence-corrected chi connectivity index (χ3v) is 3.87. The van der Waals surface area contributed by atoms with Crippen LogP contribution >= 0.6 is 11.3 Å². The number of nitrogens with one attached hydrogen (secondary N) is 1. The molecule has 0 radical (unpaired) electrons. The molecule has 4 nitrogen and oxygen atoms in total. The minimum absolute atomic E-state index is 0.0175. The fourth-order valence-corrected chi connectivity index (χ4v) is 2.63. The van der Waals surface area contributed by atoms with E-state index in [2.05, 4.69) is 17.2 Å². The lowest BCUT2D eigenvalue weighted by Gasteiger charge is -2.08. The molecule has 0 saturated carbocycles. The van der Waals surface area contributed by atoms with E-state index < -0.39 is 0 Å². The third kappa shape index (κ3) is 3.57. The molecular weight excluding hydrogens is 270 g/mol. The number of nitrogens with two attached hydrogens (primary N) is 1. The summed E-state index contributed by atoms with van der Waals surface area (Å²) in [4.78, 5) is 16.4. The molecule has 0 aliphatic heterocycles. The number of nitrogen functional groups attached to an aromatic ring is 1. The Morgan fingerprint density at radius 2 is 2.10 bits per heavy atom. The maximum atomic E-state index is 11.9. The standard InChI is InChI=1S/C15H19N3OS/c1-3-4-10(2)14(19)18-15-17-13(9-20-15)11-5-7-12(16)8-6-11/h5-10H,3-4,16H2,1-2H3,(H,17,18,19). The second-order valence-corrected chi connectivity index (χ2v) is 5.70. The lowest BCUT2D eigenvalue weighted by atomic mass is 10.1. The van der Waals surface area contributed by atoms with Gasteiger partial charge in [-0.3, -0.25) is 4.79 Å². The van der Waals surface area contributed by atoms with Gasteiger partial charge in [0.2, 0.25) is 5.91 Å². The van der Waals surface area contributed by atoms with Crippen molar-refractivity contribution in [2.24, 2.45) is 5.92 Å². The number of amides is 1. The molecule has 1 atom stereocenters. The largest absolute Gasteiger partial charge is 0.399 e. The van der Waals surface area contributed by atoms with Crippen molar-refractivity contribution in [2.45, 2.75) is 26.7 Å². The Balaban J connectivity index is 2.05. The summed E-state index contributed by atoms with van der Waals surface area (Å²) >= 11 is 1.44. The molecule has 0 aliphatic rings. The Bertz CT molecular complexity index is 577. The fourth-order valence-electron chi connectivity index (χ4n) is 1.91. The van der Waals surface area contributed by atoms with Gasteiger partial charge < -0.3 is 11.1 Å². The molecule has 1 unspecified atom stereocenters. The first-order chi connectivity index (χ1) is 9.60. The van der Waals surface area contributed by atoms with Gasteiger partial charge in [0, 0.05) is 22.5 Å². The van der Waals surface area contributed by atoms with Crippen LogP contribution in [0, 0.1) is 5.92 Å². The van der Waals surface area contributed by atoms with Crippen molar-refractivity contribution in [3.05, 3.63) is 29.6 Å². The van der Waals surface area contributed by atoms with Crippen LogP contribution in [0.15, 0.2) is 29.6 Å². The highest BCUT2D eigenvalue weighted by Gasteiger charge is 2.14. The van der Waals surface area contributed by atoms with Crippen molar-refractivity contribution >= 4 is 28.1 Å². The van der Waals surface area contributed by atoms with E-state index in [1.54, 1.807) is 0 Å². The van der Waals surface area contributed by atoms with Gasteiger partial charge in [0.1, 0.15) is 0 Å². The van der Waals surface area contributed by atoms with Crippen molar-refractivity contribution in [3.63, 3.8) is 0 Å². The summed E-state index contributed by atoms with van der Waals surface area (Å²) in [6, 6.07) is 7.54. The smallest absolute Gasteiger partial charge is 0.228 e. The highest BCUT2D eigenvalue weighted by Crippen LogP contribution is 2.26. The van der Waals surface area contributed by atoms with Gasteiger partial charge in [-0.2, -0.15) is 0 Å². The Morgan fingerprint density at radius 3 is 2.75 bits per heavy atom. The number of carbonyl (C=O) groups excluding carboxylic acids is 1. The van der Waals surface area contributed by atoms with Crippen molar-refractivity contribution in [1.82, 2.24) is 4.98 Å². The molecule has 2 aromatic rings. The van der Waals surface area contributed by atoms with Crippen LogP contribution in [-0.2, 0) is 4.79 Å². The van der Waals surface area contributed by atoms with Gasteiger partial charge in [-0.15, -0.1) is 11.3 Å². The second kappa shape index (κ2) is 6.52. The SMILES string of the molecule is CCCC(C)C(=O)Nc1nc(-c2ccc(N)cc2)cs1. The van der Waals surface area contributed by atoms with Crippen LogP contribution in [0.3, 0.4) is 0 Å². The molecule has 0 bridgehead atoms. The minimum Gasteiger partial charge on any atom is -0.399 e. The average Bonchev–Trinajstić information content (AvgIpc) is 2.88. The van der Waals surface area contributed by atoms with Crippen LogP contribution in [0.5, 0.6) is 0 Å². The van der Waals surface area contributed by atoms with Crippen LogP contribution in [0.1, 0.15) is 26.7 Å². The third-order valence-electron chi connectivity index (χ3n) is 3.11. The normalized spacial score (nSPS) is 12.1. The number of benzene rings is 1. The van der Waals surface area contributed by atoms with E-state index in [0.717, 1.165) is 29.8 Å². The molecule has 1 aromatic carbocycles. The van der Waals surface area contributed by atoms with Gasteiger partial charge in [0.15, 0.2) is 5.13 Å². The molecule has 106 valence electrons. The maximum absolute atomic E-state index is 11.9.